The zero-order valence-electron chi connectivity index (χ0n) is 15.7. The van der Waals surface area contributed by atoms with Crippen molar-refractivity contribution in [1.29, 1.82) is 0 Å². The van der Waals surface area contributed by atoms with E-state index < -0.39 is 8.15 Å². The average Bonchev–Trinajstić information content (AvgIpc) is 2.70. The summed E-state index contributed by atoms with van der Waals surface area (Å²) < 4.78 is 0. The molecule has 1 rings (SSSR count). The molecule has 1 nitrogen and oxygen atoms in total. The summed E-state index contributed by atoms with van der Waals surface area (Å²) in [6.07, 6.45) is 6.95. The first-order valence-corrected chi connectivity index (χ1v) is 23.5. The average molecular weight is 743 g/mol. The zero-order valence-corrected chi connectivity index (χ0v) is 23.3. The van der Waals surface area contributed by atoms with E-state index in [9.17, 15) is 4.89 Å². The summed E-state index contributed by atoms with van der Waals surface area (Å²) in [5.41, 5.74) is 7.34. The van der Waals surface area contributed by atoms with Gasteiger partial charge in [0.15, 0.2) is 0 Å². The fourth-order valence-electron chi connectivity index (χ4n) is 2.20. The molecule has 0 fully saturated rings. The number of hydrogen-bond donors (Lipinski definition) is 1. The Kier molecular flexibility index (Phi) is 20.3. The summed E-state index contributed by atoms with van der Waals surface area (Å²) in [5.74, 6) is 0. The Morgan fingerprint density at radius 2 is 1.22 bits per heavy atom. The number of rotatable bonds is 6. The van der Waals surface area contributed by atoms with Gasteiger partial charge in [-0.3, -0.25) is 0 Å². The summed E-state index contributed by atoms with van der Waals surface area (Å²) in [6.45, 7) is 15.3. The molecule has 0 unspecified atom stereocenters. The molecular formula is C18H34I2IrOP. The van der Waals surface area contributed by atoms with E-state index in [1.807, 2.05) is 0 Å². The van der Waals surface area contributed by atoms with Gasteiger partial charge in [-0.05, 0) is 25.2 Å². The van der Waals surface area contributed by atoms with Gasteiger partial charge >= 0.3 is 49.7 Å². The topological polar surface area (TPSA) is 20.2 Å². The Bertz CT molecular complexity index is 320. The predicted molar refractivity (Wildman–Crippen MR) is 122 cm³/mol. The molecule has 0 atom stereocenters. The second-order valence-corrected chi connectivity index (χ2v) is 25.2. The van der Waals surface area contributed by atoms with Crippen LogP contribution in [-0.4, -0.2) is 17.2 Å². The van der Waals surface area contributed by atoms with Crippen molar-refractivity contribution >= 4 is 47.3 Å². The minimum absolute atomic E-state index is 0.440. The van der Waals surface area contributed by atoms with Crippen LogP contribution in [0, 0.1) is 34.6 Å². The van der Waals surface area contributed by atoms with Gasteiger partial charge in [0.25, 0.3) is 0 Å². The molecular weight excluding hydrogens is 709 g/mol. The maximum absolute atomic E-state index is 9.38. The molecule has 140 valence electrons. The van der Waals surface area contributed by atoms with E-state index in [1.54, 1.807) is 0 Å². The van der Waals surface area contributed by atoms with Crippen LogP contribution in [0.5, 0.6) is 0 Å². The Hall–Kier alpha value is 1.85. The number of unbranched alkanes of at least 4 members (excludes halogenated alkanes) is 2. The van der Waals surface area contributed by atoms with Crippen LogP contribution in [0.3, 0.4) is 0 Å². The maximum atomic E-state index is 9.38. The van der Waals surface area contributed by atoms with E-state index in [0.29, 0.717) is 10.5 Å². The van der Waals surface area contributed by atoms with E-state index in [1.165, 1.54) is 53.5 Å². The van der Waals surface area contributed by atoms with E-state index in [0.717, 1.165) is 12.3 Å². The van der Waals surface area contributed by atoms with Crippen LogP contribution >= 0.6 is 47.3 Å². The van der Waals surface area contributed by atoms with Crippen LogP contribution in [0.1, 0.15) is 67.3 Å². The summed E-state index contributed by atoms with van der Waals surface area (Å²) in [6, 6.07) is 0. The third-order valence-corrected chi connectivity index (χ3v) is 6.02. The second kappa shape index (κ2) is 17.3. The quantitative estimate of drug-likeness (QED) is 0.180. The first kappa shape index (κ1) is 27.1. The molecule has 0 aliphatic carbocycles. The van der Waals surface area contributed by atoms with Crippen LogP contribution in [-0.2, 0) is 10.5 Å². The molecule has 0 saturated heterocycles. The van der Waals surface area contributed by atoms with Gasteiger partial charge in [-0.15, -0.1) is 0 Å². The molecule has 1 N–H and O–H groups in total. The fraction of sp³-hybridized carbons (Fsp3) is 0.722. The van der Waals surface area contributed by atoms with Crippen LogP contribution in [0.2, 0.25) is 0 Å². The van der Waals surface area contributed by atoms with Crippen molar-refractivity contribution in [2.75, 3.05) is 12.3 Å². The molecule has 1 aromatic rings. The molecule has 0 aromatic heterocycles. The Morgan fingerprint density at radius 1 is 0.913 bits per heavy atom. The number of halogens is 2. The van der Waals surface area contributed by atoms with Gasteiger partial charge in [0.05, 0.1) is 0 Å². The molecule has 0 radical (unpaired) electrons. The van der Waals surface area contributed by atoms with E-state index >= 15 is 0 Å². The van der Waals surface area contributed by atoms with E-state index in [2.05, 4.69) is 87.7 Å². The summed E-state index contributed by atoms with van der Waals surface area (Å²) in [4.78, 5) is 9.38. The predicted octanol–water partition coefficient (Wildman–Crippen LogP) is 7.69. The van der Waals surface area contributed by atoms with Gasteiger partial charge in [-0.1, -0.05) is 61.3 Å². The Morgan fingerprint density at radius 3 is 1.39 bits per heavy atom. The minimum atomic E-state index is -0.592. The number of hydrogen-bond acceptors (Lipinski definition) is 1. The van der Waals surface area contributed by atoms with Crippen molar-refractivity contribution < 1.29 is 15.4 Å². The van der Waals surface area contributed by atoms with E-state index in [4.69, 9.17) is 0 Å². The summed E-state index contributed by atoms with van der Waals surface area (Å²) in [5, 5.41) is 0. The van der Waals surface area contributed by atoms with Crippen molar-refractivity contribution in [1.82, 2.24) is 0 Å². The molecule has 1 aromatic carbocycles. The molecule has 0 amide bonds. The van der Waals surface area contributed by atoms with Crippen LogP contribution in [0.4, 0.5) is 0 Å². The summed E-state index contributed by atoms with van der Waals surface area (Å²) >= 11 is 4.80. The van der Waals surface area contributed by atoms with Gasteiger partial charge in [0.1, 0.15) is 0 Å². The van der Waals surface area contributed by atoms with Gasteiger partial charge < -0.3 is 4.89 Å². The van der Waals surface area contributed by atoms with Crippen LogP contribution in [0.15, 0.2) is 0 Å². The molecule has 0 aliphatic rings. The first-order valence-electron chi connectivity index (χ1n) is 8.25. The third kappa shape index (κ3) is 12.8. The first-order chi connectivity index (χ1) is 10.8. The van der Waals surface area contributed by atoms with Crippen molar-refractivity contribution in [2.45, 2.75) is 74.1 Å². The molecule has 0 spiro atoms. The molecule has 0 aliphatic heterocycles. The van der Waals surface area contributed by atoms with Gasteiger partial charge in [-0.25, -0.2) is 0 Å². The van der Waals surface area contributed by atoms with Gasteiger partial charge in [-0.2, -0.15) is 27.8 Å². The van der Waals surface area contributed by atoms with Crippen molar-refractivity contribution in [3.05, 3.63) is 27.8 Å². The van der Waals surface area contributed by atoms with Gasteiger partial charge in [0, 0.05) is 8.15 Å². The second-order valence-electron chi connectivity index (χ2n) is 5.83. The van der Waals surface area contributed by atoms with E-state index in [-0.39, 0.29) is 0 Å². The van der Waals surface area contributed by atoms with Gasteiger partial charge in [0.2, 0.25) is 0 Å². The molecule has 0 bridgehead atoms. The normalized spacial score (nSPS) is 10.2. The standard InChI is InChI=1S/C10H15.C8H19OP.2HI.Ir/c1-6-7(2)9(4)10(5)8(6)3;1-3-5-7-10(9)8-6-4-2;;;/h1-5H3;9H,3-8H2,1-2H3;2*1H;/q-1;;;;+3/p-2. The third-order valence-electron chi connectivity index (χ3n) is 4.35. The Labute approximate surface area is 175 Å². The SMILES string of the molecule is CCCCP(O)CCCC.Cc1c(C)c(C)[c-](C)c1C.[I][Ir+][I]. The molecule has 5 heteroatoms. The molecule has 0 heterocycles. The molecule has 0 saturated carbocycles. The molecule has 23 heavy (non-hydrogen) atoms. The summed E-state index contributed by atoms with van der Waals surface area (Å²) in [7, 11) is -0.152. The van der Waals surface area contributed by atoms with Crippen molar-refractivity contribution in [3.8, 4) is 0 Å². The Balaban J connectivity index is 0. The fourth-order valence-corrected chi connectivity index (χ4v) is 3.79. The van der Waals surface area contributed by atoms with Crippen molar-refractivity contribution in [3.63, 3.8) is 0 Å². The zero-order chi connectivity index (χ0) is 18.4. The monoisotopic (exact) mass is 744 g/mol. The van der Waals surface area contributed by atoms with Crippen LogP contribution < -0.4 is 0 Å². The van der Waals surface area contributed by atoms with Crippen molar-refractivity contribution in [2.24, 2.45) is 0 Å². The van der Waals surface area contributed by atoms with Crippen LogP contribution in [0.25, 0.3) is 0 Å².